The Morgan fingerprint density at radius 1 is 1.25 bits per heavy atom. The van der Waals surface area contributed by atoms with E-state index in [1.165, 1.54) is 45.3 Å². The van der Waals surface area contributed by atoms with Crippen molar-refractivity contribution in [2.24, 2.45) is 5.92 Å². The van der Waals surface area contributed by atoms with Gasteiger partial charge in [-0.05, 0) is 44.7 Å². The molecule has 0 atom stereocenters. The monoisotopic (exact) mass is 228 g/mol. The second-order valence-corrected chi connectivity index (χ2v) is 4.88. The van der Waals surface area contributed by atoms with Crippen LogP contribution in [0, 0.1) is 5.92 Å². The summed E-state index contributed by atoms with van der Waals surface area (Å²) in [6.07, 6.45) is 4.98. The molecular formula is C13H28N2O. The van der Waals surface area contributed by atoms with E-state index in [2.05, 4.69) is 24.1 Å². The van der Waals surface area contributed by atoms with Crippen LogP contribution in [0.4, 0.5) is 0 Å². The standard InChI is InChI=1S/C13H28N2O/c1-3-13(4-2)15(9-10-16)11-12-5-7-14-8-6-12/h12-14,16H,3-11H2,1-2H3. The number of nitrogens with zero attached hydrogens (tertiary/aromatic N) is 1. The normalized spacial score (nSPS) is 18.6. The molecule has 16 heavy (non-hydrogen) atoms. The zero-order valence-corrected chi connectivity index (χ0v) is 10.9. The molecule has 1 aliphatic rings. The van der Waals surface area contributed by atoms with Crippen LogP contribution in [0.3, 0.4) is 0 Å². The first-order valence-corrected chi connectivity index (χ1v) is 6.87. The van der Waals surface area contributed by atoms with Crippen LogP contribution in [-0.4, -0.2) is 48.8 Å². The minimum Gasteiger partial charge on any atom is -0.395 e. The number of hydrogen-bond acceptors (Lipinski definition) is 3. The van der Waals surface area contributed by atoms with Crippen molar-refractivity contribution < 1.29 is 5.11 Å². The third kappa shape index (κ3) is 4.40. The highest BCUT2D eigenvalue weighted by molar-refractivity contribution is 4.76. The molecule has 2 N–H and O–H groups in total. The van der Waals surface area contributed by atoms with Crippen LogP contribution in [0.15, 0.2) is 0 Å². The second-order valence-electron chi connectivity index (χ2n) is 4.88. The van der Waals surface area contributed by atoms with Crippen molar-refractivity contribution in [3.05, 3.63) is 0 Å². The van der Waals surface area contributed by atoms with E-state index in [4.69, 9.17) is 5.11 Å². The summed E-state index contributed by atoms with van der Waals surface area (Å²) in [6, 6.07) is 0.655. The van der Waals surface area contributed by atoms with E-state index in [1.807, 2.05) is 0 Å². The zero-order valence-electron chi connectivity index (χ0n) is 10.9. The SMILES string of the molecule is CCC(CC)N(CCO)CC1CCNCC1. The van der Waals surface area contributed by atoms with Gasteiger partial charge in [0.15, 0.2) is 0 Å². The van der Waals surface area contributed by atoms with Crippen LogP contribution >= 0.6 is 0 Å². The first-order valence-electron chi connectivity index (χ1n) is 6.87. The summed E-state index contributed by atoms with van der Waals surface area (Å²) in [5.74, 6) is 0.827. The fourth-order valence-corrected chi connectivity index (χ4v) is 2.75. The van der Waals surface area contributed by atoms with Crippen molar-refractivity contribution >= 4 is 0 Å². The van der Waals surface area contributed by atoms with Crippen LogP contribution in [0.25, 0.3) is 0 Å². The fourth-order valence-electron chi connectivity index (χ4n) is 2.75. The smallest absolute Gasteiger partial charge is 0.0558 e. The van der Waals surface area contributed by atoms with Crippen molar-refractivity contribution in [2.45, 2.75) is 45.6 Å². The van der Waals surface area contributed by atoms with Gasteiger partial charge < -0.3 is 10.4 Å². The predicted octanol–water partition coefficient (Wildman–Crippen LogP) is 1.47. The number of rotatable bonds is 7. The van der Waals surface area contributed by atoms with Gasteiger partial charge in [-0.1, -0.05) is 13.8 Å². The molecule has 3 heteroatoms. The third-order valence-electron chi connectivity index (χ3n) is 3.80. The summed E-state index contributed by atoms with van der Waals surface area (Å²) < 4.78 is 0. The zero-order chi connectivity index (χ0) is 11.8. The number of aliphatic hydroxyl groups is 1. The summed E-state index contributed by atoms with van der Waals surface area (Å²) in [6.45, 7) is 9.15. The summed E-state index contributed by atoms with van der Waals surface area (Å²) in [4.78, 5) is 2.50. The molecule has 0 aromatic rings. The van der Waals surface area contributed by atoms with E-state index in [-0.39, 0.29) is 0 Å². The summed E-state index contributed by atoms with van der Waals surface area (Å²) >= 11 is 0. The maximum atomic E-state index is 9.15. The van der Waals surface area contributed by atoms with Gasteiger partial charge in [-0.15, -0.1) is 0 Å². The topological polar surface area (TPSA) is 35.5 Å². The molecule has 0 radical (unpaired) electrons. The van der Waals surface area contributed by atoms with Gasteiger partial charge in [-0.25, -0.2) is 0 Å². The predicted molar refractivity (Wildman–Crippen MR) is 68.6 cm³/mol. The molecular weight excluding hydrogens is 200 g/mol. The third-order valence-corrected chi connectivity index (χ3v) is 3.80. The van der Waals surface area contributed by atoms with Gasteiger partial charge in [0.2, 0.25) is 0 Å². The molecule has 1 heterocycles. The Balaban J connectivity index is 2.41. The Labute approximate surface area is 100 Å². The Kier molecular flexibility index (Phi) is 7.01. The van der Waals surface area contributed by atoms with Crippen molar-refractivity contribution in [3.63, 3.8) is 0 Å². The first-order chi connectivity index (χ1) is 7.81. The van der Waals surface area contributed by atoms with E-state index in [9.17, 15) is 0 Å². The van der Waals surface area contributed by atoms with Crippen LogP contribution < -0.4 is 5.32 Å². The molecule has 1 rings (SSSR count). The first kappa shape index (κ1) is 13.9. The van der Waals surface area contributed by atoms with E-state index in [1.54, 1.807) is 0 Å². The fraction of sp³-hybridized carbons (Fsp3) is 1.00. The highest BCUT2D eigenvalue weighted by Gasteiger charge is 2.20. The molecule has 0 bridgehead atoms. The Hall–Kier alpha value is -0.120. The second kappa shape index (κ2) is 8.04. The molecule has 3 nitrogen and oxygen atoms in total. The van der Waals surface area contributed by atoms with Crippen molar-refractivity contribution in [2.75, 3.05) is 32.8 Å². The number of hydrogen-bond donors (Lipinski definition) is 2. The molecule has 0 amide bonds. The van der Waals surface area contributed by atoms with Gasteiger partial charge in [-0.3, -0.25) is 4.90 Å². The maximum absolute atomic E-state index is 9.15. The minimum atomic E-state index is 0.293. The lowest BCUT2D eigenvalue weighted by Crippen LogP contribution is -2.42. The van der Waals surface area contributed by atoms with Crippen LogP contribution in [0.2, 0.25) is 0 Å². The average molecular weight is 228 g/mol. The molecule has 1 fully saturated rings. The van der Waals surface area contributed by atoms with Gasteiger partial charge >= 0.3 is 0 Å². The van der Waals surface area contributed by atoms with Gasteiger partial charge in [-0.2, -0.15) is 0 Å². The summed E-state index contributed by atoms with van der Waals surface area (Å²) in [5.41, 5.74) is 0. The van der Waals surface area contributed by atoms with Crippen molar-refractivity contribution in [1.82, 2.24) is 10.2 Å². The minimum absolute atomic E-state index is 0.293. The molecule has 1 saturated heterocycles. The highest BCUT2D eigenvalue weighted by Crippen LogP contribution is 2.17. The quantitative estimate of drug-likeness (QED) is 0.692. The number of piperidine rings is 1. The Morgan fingerprint density at radius 2 is 1.88 bits per heavy atom. The van der Waals surface area contributed by atoms with Gasteiger partial charge in [0, 0.05) is 19.1 Å². The highest BCUT2D eigenvalue weighted by atomic mass is 16.3. The van der Waals surface area contributed by atoms with E-state index < -0.39 is 0 Å². The van der Waals surface area contributed by atoms with Gasteiger partial charge in [0.1, 0.15) is 0 Å². The lowest BCUT2D eigenvalue weighted by molar-refractivity contribution is 0.115. The van der Waals surface area contributed by atoms with Crippen LogP contribution in [0.5, 0.6) is 0 Å². The van der Waals surface area contributed by atoms with Crippen molar-refractivity contribution in [3.8, 4) is 0 Å². The van der Waals surface area contributed by atoms with E-state index >= 15 is 0 Å². The molecule has 0 unspecified atom stereocenters. The largest absolute Gasteiger partial charge is 0.395 e. The lowest BCUT2D eigenvalue weighted by atomic mass is 9.96. The Bertz CT molecular complexity index is 165. The lowest BCUT2D eigenvalue weighted by Gasteiger charge is -2.34. The molecule has 96 valence electrons. The van der Waals surface area contributed by atoms with E-state index in [0.717, 1.165) is 12.5 Å². The van der Waals surface area contributed by atoms with Crippen molar-refractivity contribution in [1.29, 1.82) is 0 Å². The van der Waals surface area contributed by atoms with E-state index in [0.29, 0.717) is 12.6 Å². The molecule has 1 aliphatic heterocycles. The van der Waals surface area contributed by atoms with Crippen LogP contribution in [-0.2, 0) is 0 Å². The van der Waals surface area contributed by atoms with Gasteiger partial charge in [0.05, 0.1) is 6.61 Å². The average Bonchev–Trinajstić information content (AvgIpc) is 2.32. The molecule has 0 aromatic carbocycles. The molecule has 0 saturated carbocycles. The Morgan fingerprint density at radius 3 is 2.38 bits per heavy atom. The van der Waals surface area contributed by atoms with Gasteiger partial charge in [0.25, 0.3) is 0 Å². The molecule has 0 spiro atoms. The number of nitrogens with one attached hydrogen (secondary N) is 1. The summed E-state index contributed by atoms with van der Waals surface area (Å²) in [7, 11) is 0. The number of aliphatic hydroxyl groups excluding tert-OH is 1. The molecule has 0 aromatic heterocycles. The molecule has 0 aliphatic carbocycles. The maximum Gasteiger partial charge on any atom is 0.0558 e. The van der Waals surface area contributed by atoms with Crippen LogP contribution in [0.1, 0.15) is 39.5 Å². The summed E-state index contributed by atoms with van der Waals surface area (Å²) in [5, 5.41) is 12.6.